The summed E-state index contributed by atoms with van der Waals surface area (Å²) in [6, 6.07) is 20.7. The molecule has 0 atom stereocenters. The Morgan fingerprint density at radius 1 is 1.07 bits per heavy atom. The van der Waals surface area contributed by atoms with Crippen molar-refractivity contribution in [1.82, 2.24) is 19.9 Å². The van der Waals surface area contributed by atoms with Crippen LogP contribution in [0.2, 0.25) is 0 Å². The van der Waals surface area contributed by atoms with E-state index in [1.807, 2.05) is 60.9 Å². The van der Waals surface area contributed by atoms with Crippen LogP contribution in [0.25, 0.3) is 16.9 Å². The van der Waals surface area contributed by atoms with Crippen molar-refractivity contribution in [3.05, 3.63) is 78.0 Å². The van der Waals surface area contributed by atoms with Gasteiger partial charge in [-0.1, -0.05) is 18.2 Å². The van der Waals surface area contributed by atoms with E-state index < -0.39 is 0 Å². The van der Waals surface area contributed by atoms with Gasteiger partial charge in [-0.15, -0.1) is 11.8 Å². The molecule has 2 aromatic carbocycles. The minimum absolute atomic E-state index is 0.137. The highest BCUT2D eigenvalue weighted by molar-refractivity contribution is 7.98. The van der Waals surface area contributed by atoms with Gasteiger partial charge in [-0.2, -0.15) is 5.10 Å². The highest BCUT2D eigenvalue weighted by atomic mass is 32.2. The molecule has 2 aromatic heterocycles. The first-order chi connectivity index (χ1) is 14.2. The summed E-state index contributed by atoms with van der Waals surface area (Å²) in [5.41, 5.74) is 3.89. The zero-order valence-corrected chi connectivity index (χ0v) is 16.9. The third-order valence-corrected chi connectivity index (χ3v) is 5.21. The highest BCUT2D eigenvalue weighted by Gasteiger charge is 2.17. The van der Waals surface area contributed by atoms with Crippen molar-refractivity contribution in [2.75, 3.05) is 13.4 Å². The zero-order valence-electron chi connectivity index (χ0n) is 16.1. The van der Waals surface area contributed by atoms with E-state index in [0.717, 1.165) is 33.4 Å². The van der Waals surface area contributed by atoms with Crippen LogP contribution in [0.1, 0.15) is 16.1 Å². The molecule has 0 radical (unpaired) electrons. The number of nitrogens with zero attached hydrogens (tertiary/aromatic N) is 3. The molecule has 0 saturated carbocycles. The Hall–Kier alpha value is -3.32. The van der Waals surface area contributed by atoms with Crippen LogP contribution in [0.5, 0.6) is 5.75 Å². The summed E-state index contributed by atoms with van der Waals surface area (Å²) in [6.07, 6.45) is 1.98. The molecule has 0 aliphatic rings. The van der Waals surface area contributed by atoms with Crippen molar-refractivity contribution in [2.24, 2.45) is 0 Å². The minimum Gasteiger partial charge on any atom is -0.497 e. The number of ether oxygens (including phenoxy) is 1. The van der Waals surface area contributed by atoms with E-state index in [-0.39, 0.29) is 5.91 Å². The van der Waals surface area contributed by atoms with Crippen LogP contribution in [0, 0.1) is 0 Å². The predicted octanol–water partition coefficient (Wildman–Crippen LogP) is 4.06. The number of nitrogens with one attached hydrogen (secondary N) is 1. The van der Waals surface area contributed by atoms with Gasteiger partial charge in [0.05, 0.1) is 25.0 Å². The molecule has 0 spiro atoms. The van der Waals surface area contributed by atoms with Crippen LogP contribution in [0.4, 0.5) is 0 Å². The van der Waals surface area contributed by atoms with E-state index in [9.17, 15) is 4.79 Å². The van der Waals surface area contributed by atoms with Crippen molar-refractivity contribution in [3.63, 3.8) is 0 Å². The highest BCUT2D eigenvalue weighted by Crippen LogP contribution is 2.27. The SMILES string of the molecule is COc1ccc(-c2nc3ccc(SC)nn3c2CNC(=O)c2ccccc2)cc1. The van der Waals surface area contributed by atoms with Gasteiger partial charge in [0.1, 0.15) is 10.8 Å². The van der Waals surface area contributed by atoms with Gasteiger partial charge in [-0.05, 0) is 54.8 Å². The van der Waals surface area contributed by atoms with Crippen molar-refractivity contribution in [1.29, 1.82) is 0 Å². The second-order valence-corrected chi connectivity index (χ2v) is 7.16. The van der Waals surface area contributed by atoms with Gasteiger partial charge in [0.25, 0.3) is 5.91 Å². The normalized spacial score (nSPS) is 10.8. The van der Waals surface area contributed by atoms with Crippen LogP contribution >= 0.6 is 11.8 Å². The molecule has 7 heteroatoms. The fourth-order valence-electron chi connectivity index (χ4n) is 3.07. The van der Waals surface area contributed by atoms with Crippen molar-refractivity contribution in [2.45, 2.75) is 11.6 Å². The quantitative estimate of drug-likeness (QED) is 0.491. The van der Waals surface area contributed by atoms with Crippen molar-refractivity contribution < 1.29 is 9.53 Å². The molecule has 0 fully saturated rings. The Balaban J connectivity index is 1.73. The number of fused-ring (bicyclic) bond motifs is 1. The van der Waals surface area contributed by atoms with Crippen LogP contribution in [-0.2, 0) is 6.54 Å². The summed E-state index contributed by atoms with van der Waals surface area (Å²) in [6.45, 7) is 0.307. The fourth-order valence-corrected chi connectivity index (χ4v) is 3.43. The minimum atomic E-state index is -0.137. The first kappa shape index (κ1) is 19.0. The van der Waals surface area contributed by atoms with Crippen molar-refractivity contribution in [3.8, 4) is 17.0 Å². The number of benzene rings is 2. The first-order valence-electron chi connectivity index (χ1n) is 9.10. The lowest BCUT2D eigenvalue weighted by Gasteiger charge is -2.08. The van der Waals surface area contributed by atoms with Crippen LogP contribution < -0.4 is 10.1 Å². The average molecular weight is 404 g/mol. The Kier molecular flexibility index (Phi) is 5.48. The number of rotatable bonds is 6. The first-order valence-corrected chi connectivity index (χ1v) is 10.3. The lowest BCUT2D eigenvalue weighted by atomic mass is 10.1. The van der Waals surface area contributed by atoms with E-state index in [1.165, 1.54) is 0 Å². The fraction of sp³-hybridized carbons (Fsp3) is 0.136. The largest absolute Gasteiger partial charge is 0.497 e. The number of hydrogen-bond acceptors (Lipinski definition) is 5. The molecule has 1 amide bonds. The smallest absolute Gasteiger partial charge is 0.251 e. The van der Waals surface area contributed by atoms with Crippen LogP contribution in [0.15, 0.2) is 71.8 Å². The van der Waals surface area contributed by atoms with Gasteiger partial charge in [0.2, 0.25) is 0 Å². The number of amides is 1. The molecule has 0 bridgehead atoms. The molecular weight excluding hydrogens is 384 g/mol. The van der Waals surface area contributed by atoms with Gasteiger partial charge < -0.3 is 10.1 Å². The topological polar surface area (TPSA) is 68.5 Å². The Morgan fingerprint density at radius 2 is 1.83 bits per heavy atom. The van der Waals surface area contributed by atoms with Crippen molar-refractivity contribution >= 4 is 23.3 Å². The Morgan fingerprint density at radius 3 is 2.52 bits per heavy atom. The molecule has 0 aliphatic carbocycles. The molecular formula is C22H20N4O2S. The number of imidazole rings is 1. The molecule has 4 rings (SSSR count). The standard InChI is InChI=1S/C22H20N4O2S/c1-28-17-10-8-15(9-11-17)21-18(14-23-22(27)16-6-4-3-5-7-16)26-19(24-21)12-13-20(25-26)29-2/h3-13H,14H2,1-2H3,(H,23,27). The molecule has 4 aromatic rings. The number of thioether (sulfide) groups is 1. The monoisotopic (exact) mass is 404 g/mol. The molecule has 1 N–H and O–H groups in total. The molecule has 0 aliphatic heterocycles. The molecule has 0 unspecified atom stereocenters. The van der Waals surface area contributed by atoms with Gasteiger partial charge in [-0.25, -0.2) is 9.50 Å². The number of carbonyl (C=O) groups excluding carboxylic acids is 1. The van der Waals surface area contributed by atoms with Gasteiger partial charge in [-0.3, -0.25) is 4.79 Å². The Labute approximate surface area is 172 Å². The molecule has 29 heavy (non-hydrogen) atoms. The zero-order chi connectivity index (χ0) is 20.2. The lowest BCUT2D eigenvalue weighted by Crippen LogP contribution is -2.24. The van der Waals surface area contributed by atoms with E-state index in [4.69, 9.17) is 9.72 Å². The third kappa shape index (κ3) is 3.95. The maximum absolute atomic E-state index is 12.5. The number of methoxy groups -OCH3 is 1. The van der Waals surface area contributed by atoms with E-state index >= 15 is 0 Å². The average Bonchev–Trinajstić information content (AvgIpc) is 3.15. The number of hydrogen-bond donors (Lipinski definition) is 1. The molecule has 146 valence electrons. The maximum atomic E-state index is 12.5. The maximum Gasteiger partial charge on any atom is 0.251 e. The predicted molar refractivity (Wildman–Crippen MR) is 114 cm³/mol. The summed E-state index contributed by atoms with van der Waals surface area (Å²) in [5, 5.41) is 8.54. The summed E-state index contributed by atoms with van der Waals surface area (Å²) in [4.78, 5) is 17.3. The number of carbonyl (C=O) groups is 1. The van der Waals surface area contributed by atoms with Gasteiger partial charge in [0.15, 0.2) is 5.65 Å². The summed E-state index contributed by atoms with van der Waals surface area (Å²) in [5.74, 6) is 0.640. The third-order valence-electron chi connectivity index (χ3n) is 4.57. The van der Waals surface area contributed by atoms with Crippen LogP contribution in [-0.4, -0.2) is 33.9 Å². The second-order valence-electron chi connectivity index (χ2n) is 6.33. The Bertz CT molecular complexity index is 1140. The second kappa shape index (κ2) is 8.36. The number of aromatic nitrogens is 3. The van der Waals surface area contributed by atoms with E-state index in [2.05, 4.69) is 10.4 Å². The summed E-state index contributed by atoms with van der Waals surface area (Å²) in [7, 11) is 1.64. The van der Waals surface area contributed by atoms with Crippen LogP contribution in [0.3, 0.4) is 0 Å². The van der Waals surface area contributed by atoms with E-state index in [1.54, 1.807) is 35.5 Å². The molecule has 6 nitrogen and oxygen atoms in total. The summed E-state index contributed by atoms with van der Waals surface area (Å²) < 4.78 is 7.06. The lowest BCUT2D eigenvalue weighted by molar-refractivity contribution is 0.0950. The van der Waals surface area contributed by atoms with Gasteiger partial charge in [0, 0.05) is 11.1 Å². The molecule has 0 saturated heterocycles. The summed E-state index contributed by atoms with van der Waals surface area (Å²) >= 11 is 1.56. The van der Waals surface area contributed by atoms with E-state index in [0.29, 0.717) is 12.1 Å². The molecule has 2 heterocycles. The van der Waals surface area contributed by atoms with Gasteiger partial charge >= 0.3 is 0 Å².